The van der Waals surface area contributed by atoms with Crippen molar-refractivity contribution < 1.29 is 4.79 Å². The van der Waals surface area contributed by atoms with E-state index in [4.69, 9.17) is 11.6 Å². The lowest BCUT2D eigenvalue weighted by molar-refractivity contribution is -0.125. The molecule has 2 aromatic heterocycles. The maximum Gasteiger partial charge on any atom is 0.225 e. The van der Waals surface area contributed by atoms with E-state index >= 15 is 0 Å². The molecule has 120 valence electrons. The van der Waals surface area contributed by atoms with Gasteiger partial charge < -0.3 is 5.32 Å². The van der Waals surface area contributed by atoms with Crippen LogP contribution < -0.4 is 5.32 Å². The van der Waals surface area contributed by atoms with Crippen LogP contribution in [0.25, 0.3) is 0 Å². The smallest absolute Gasteiger partial charge is 0.225 e. The first-order valence-corrected chi connectivity index (χ1v) is 7.79. The molecular weight excluding hydrogens is 302 g/mol. The number of hydrogen-bond acceptors (Lipinski definition) is 3. The number of aryl methyl sites for hydroxylation is 2. The molecule has 1 unspecified atom stereocenters. The van der Waals surface area contributed by atoms with Gasteiger partial charge in [0, 0.05) is 12.7 Å². The van der Waals surface area contributed by atoms with Crippen LogP contribution in [0.2, 0.25) is 5.02 Å². The quantitative estimate of drug-likeness (QED) is 0.887. The highest BCUT2D eigenvalue weighted by Crippen LogP contribution is 2.19. The van der Waals surface area contributed by atoms with Gasteiger partial charge in [0.2, 0.25) is 5.91 Å². The highest BCUT2D eigenvalue weighted by molar-refractivity contribution is 6.31. The number of hydrogen-bond donors (Lipinski definition) is 1. The van der Waals surface area contributed by atoms with Crippen molar-refractivity contribution in [3.63, 3.8) is 0 Å². The zero-order valence-corrected chi connectivity index (χ0v) is 14.2. The number of rotatable bonds is 6. The largest absolute Gasteiger partial charge is 0.350 e. The first kappa shape index (κ1) is 16.5. The molecule has 0 saturated heterocycles. The number of carbonyl (C=O) groups is 1. The van der Waals surface area contributed by atoms with Gasteiger partial charge in [-0.15, -0.1) is 0 Å². The summed E-state index contributed by atoms with van der Waals surface area (Å²) in [6, 6.07) is 1.91. The Labute approximate surface area is 135 Å². The van der Waals surface area contributed by atoms with Gasteiger partial charge >= 0.3 is 0 Å². The molecule has 2 aromatic rings. The molecular formula is C15H22ClN5O. The van der Waals surface area contributed by atoms with E-state index in [9.17, 15) is 4.79 Å². The van der Waals surface area contributed by atoms with Crippen molar-refractivity contribution in [3.05, 3.63) is 34.4 Å². The lowest BCUT2D eigenvalue weighted by Crippen LogP contribution is -2.32. The predicted octanol–water partition coefficient (Wildman–Crippen LogP) is 2.32. The van der Waals surface area contributed by atoms with Crippen molar-refractivity contribution in [2.45, 2.75) is 47.3 Å². The third-order valence-corrected chi connectivity index (χ3v) is 4.28. The summed E-state index contributed by atoms with van der Waals surface area (Å²) < 4.78 is 3.66. The van der Waals surface area contributed by atoms with Gasteiger partial charge in [-0.1, -0.05) is 18.5 Å². The Morgan fingerprint density at radius 3 is 2.73 bits per heavy atom. The van der Waals surface area contributed by atoms with Crippen LogP contribution in [-0.4, -0.2) is 25.5 Å². The van der Waals surface area contributed by atoms with Crippen LogP contribution in [0, 0.1) is 19.8 Å². The Balaban J connectivity index is 1.93. The minimum Gasteiger partial charge on any atom is -0.350 e. The van der Waals surface area contributed by atoms with Crippen LogP contribution in [0.4, 0.5) is 0 Å². The molecule has 0 aliphatic rings. The number of nitrogens with one attached hydrogen (secondary N) is 1. The molecule has 0 bridgehead atoms. The Bertz CT molecular complexity index is 661. The van der Waals surface area contributed by atoms with Crippen molar-refractivity contribution in [1.29, 1.82) is 0 Å². The van der Waals surface area contributed by atoms with Crippen LogP contribution in [0.5, 0.6) is 0 Å². The van der Waals surface area contributed by atoms with Gasteiger partial charge in [0.15, 0.2) is 0 Å². The van der Waals surface area contributed by atoms with Crippen molar-refractivity contribution in [2.24, 2.45) is 5.92 Å². The Morgan fingerprint density at radius 2 is 2.14 bits per heavy atom. The van der Waals surface area contributed by atoms with E-state index in [0.29, 0.717) is 18.1 Å². The number of aromatic nitrogens is 4. The topological polar surface area (TPSA) is 64.7 Å². The molecule has 0 spiro atoms. The monoisotopic (exact) mass is 323 g/mol. The van der Waals surface area contributed by atoms with E-state index in [1.807, 2.05) is 38.4 Å². The number of nitrogens with zero attached hydrogens (tertiary/aromatic N) is 4. The van der Waals surface area contributed by atoms with Crippen molar-refractivity contribution in [1.82, 2.24) is 24.9 Å². The molecule has 0 saturated carbocycles. The van der Waals surface area contributed by atoms with Crippen molar-refractivity contribution in [2.75, 3.05) is 0 Å². The van der Waals surface area contributed by atoms with E-state index < -0.39 is 0 Å². The normalized spacial score (nSPS) is 12.4. The molecule has 0 aliphatic carbocycles. The third kappa shape index (κ3) is 3.50. The molecule has 1 N–H and O–H groups in total. The van der Waals surface area contributed by atoms with Crippen LogP contribution >= 0.6 is 11.6 Å². The summed E-state index contributed by atoms with van der Waals surface area (Å²) in [4.78, 5) is 12.2. The summed E-state index contributed by atoms with van der Waals surface area (Å²) in [5.41, 5.74) is 2.68. The predicted molar refractivity (Wildman–Crippen MR) is 85.6 cm³/mol. The fraction of sp³-hybridized carbons (Fsp3) is 0.533. The van der Waals surface area contributed by atoms with Gasteiger partial charge in [-0.05, 0) is 26.8 Å². The van der Waals surface area contributed by atoms with Gasteiger partial charge in [-0.25, -0.2) is 0 Å². The van der Waals surface area contributed by atoms with Crippen molar-refractivity contribution in [3.8, 4) is 0 Å². The molecule has 2 heterocycles. The van der Waals surface area contributed by atoms with Gasteiger partial charge in [-0.2, -0.15) is 10.2 Å². The van der Waals surface area contributed by atoms with Crippen molar-refractivity contribution >= 4 is 17.5 Å². The van der Waals surface area contributed by atoms with Crippen LogP contribution in [0.3, 0.4) is 0 Å². The third-order valence-electron chi connectivity index (χ3n) is 3.74. The van der Waals surface area contributed by atoms with Crippen LogP contribution in [0.15, 0.2) is 12.3 Å². The molecule has 7 heteroatoms. The summed E-state index contributed by atoms with van der Waals surface area (Å²) in [5.74, 6) is -0.195. The lowest BCUT2D eigenvalue weighted by Gasteiger charge is -2.14. The zero-order valence-electron chi connectivity index (χ0n) is 13.4. The Kier molecular flexibility index (Phi) is 5.24. The minimum atomic E-state index is -0.188. The van der Waals surface area contributed by atoms with Crippen LogP contribution in [0.1, 0.15) is 30.9 Å². The second-order valence-corrected chi connectivity index (χ2v) is 5.80. The fourth-order valence-corrected chi connectivity index (χ4v) is 2.48. The summed E-state index contributed by atoms with van der Waals surface area (Å²) >= 11 is 6.13. The van der Waals surface area contributed by atoms with Gasteiger partial charge in [0.05, 0.1) is 41.1 Å². The summed E-state index contributed by atoms with van der Waals surface area (Å²) in [7, 11) is 0. The molecule has 0 aromatic carbocycles. The maximum absolute atomic E-state index is 12.2. The minimum absolute atomic E-state index is 0.00692. The average Bonchev–Trinajstić information content (AvgIpc) is 3.05. The molecule has 6 nitrogen and oxygen atoms in total. The van der Waals surface area contributed by atoms with E-state index in [1.54, 1.807) is 10.9 Å². The molecule has 0 aliphatic heterocycles. The average molecular weight is 324 g/mol. The Hall–Kier alpha value is -1.82. The van der Waals surface area contributed by atoms with Crippen LogP contribution in [-0.2, 0) is 24.4 Å². The van der Waals surface area contributed by atoms with E-state index in [-0.39, 0.29) is 11.8 Å². The summed E-state index contributed by atoms with van der Waals surface area (Å²) in [6.07, 6.45) is 1.74. The number of halogens is 1. The highest BCUT2D eigenvalue weighted by Gasteiger charge is 2.17. The SMILES string of the molecule is CCn1nccc1CNC(=O)C(C)Cn1nc(C)c(Cl)c1C. The molecule has 1 amide bonds. The number of carbonyl (C=O) groups excluding carboxylic acids is 1. The van der Waals surface area contributed by atoms with E-state index in [1.165, 1.54) is 0 Å². The molecule has 1 atom stereocenters. The first-order valence-electron chi connectivity index (χ1n) is 7.42. The second kappa shape index (κ2) is 6.96. The highest BCUT2D eigenvalue weighted by atomic mass is 35.5. The molecule has 0 fully saturated rings. The maximum atomic E-state index is 12.2. The number of amides is 1. The fourth-order valence-electron chi connectivity index (χ4n) is 2.34. The molecule has 22 heavy (non-hydrogen) atoms. The Morgan fingerprint density at radius 1 is 1.41 bits per heavy atom. The van der Waals surface area contributed by atoms with E-state index in [0.717, 1.165) is 23.6 Å². The molecule has 2 rings (SSSR count). The summed E-state index contributed by atoms with van der Waals surface area (Å²) in [6.45, 7) is 9.46. The van der Waals surface area contributed by atoms with Gasteiger partial charge in [0.1, 0.15) is 0 Å². The van der Waals surface area contributed by atoms with E-state index in [2.05, 4.69) is 15.5 Å². The summed E-state index contributed by atoms with van der Waals surface area (Å²) in [5, 5.41) is 12.2. The lowest BCUT2D eigenvalue weighted by atomic mass is 10.1. The van der Waals surface area contributed by atoms with Gasteiger partial charge in [0.25, 0.3) is 0 Å². The second-order valence-electron chi connectivity index (χ2n) is 5.42. The zero-order chi connectivity index (χ0) is 16.3. The molecule has 0 radical (unpaired) electrons. The standard InChI is InChI=1S/C15H22ClN5O/c1-5-20-13(6-7-18-20)8-17-15(22)10(2)9-21-12(4)14(16)11(3)19-21/h6-7,10H,5,8-9H2,1-4H3,(H,17,22). The first-order chi connectivity index (χ1) is 10.4. The van der Waals surface area contributed by atoms with Gasteiger partial charge in [-0.3, -0.25) is 14.2 Å².